The van der Waals surface area contributed by atoms with E-state index in [1.807, 2.05) is 0 Å². The van der Waals surface area contributed by atoms with Crippen molar-refractivity contribution >= 4 is 54.2 Å². The van der Waals surface area contributed by atoms with Gasteiger partial charge in [0.05, 0.1) is 34.4 Å². The zero-order chi connectivity index (χ0) is 27.0. The highest BCUT2D eigenvalue weighted by atomic mass is 35.5. The second kappa shape index (κ2) is 11.1. The topological polar surface area (TPSA) is 89.0 Å². The number of ether oxygens (including phenoxy) is 2. The van der Waals surface area contributed by atoms with E-state index < -0.39 is 10.0 Å². The Bertz CT molecular complexity index is 1410. The van der Waals surface area contributed by atoms with Crippen molar-refractivity contribution in [2.45, 2.75) is 44.1 Å². The van der Waals surface area contributed by atoms with Crippen molar-refractivity contribution in [1.29, 1.82) is 0 Å². The van der Waals surface area contributed by atoms with Crippen molar-refractivity contribution in [3.8, 4) is 5.75 Å². The highest BCUT2D eigenvalue weighted by molar-refractivity contribution is 7.89. The SMILES string of the molecule is COc1ccc(Cl)c2sc(N(CC3CCCO3)C(=O)c3ccc(S(=O)(=O)N4CC(C)CC(C)C4)cc3)nc12. The summed E-state index contributed by atoms with van der Waals surface area (Å²) in [7, 11) is -2.07. The predicted molar refractivity (Wildman–Crippen MR) is 150 cm³/mol. The van der Waals surface area contributed by atoms with Crippen LogP contribution < -0.4 is 9.64 Å². The van der Waals surface area contributed by atoms with Gasteiger partial charge in [0, 0.05) is 25.3 Å². The summed E-state index contributed by atoms with van der Waals surface area (Å²) in [5, 5.41) is 1.02. The van der Waals surface area contributed by atoms with Gasteiger partial charge in [-0.05, 0) is 67.5 Å². The third-order valence-corrected chi connectivity index (χ3v) is 10.5. The van der Waals surface area contributed by atoms with Gasteiger partial charge >= 0.3 is 0 Å². The van der Waals surface area contributed by atoms with Crippen LogP contribution in [0.2, 0.25) is 5.02 Å². The van der Waals surface area contributed by atoms with E-state index in [9.17, 15) is 13.2 Å². The lowest BCUT2D eigenvalue weighted by atomic mass is 9.94. The number of benzene rings is 2. The Morgan fingerprint density at radius 2 is 1.89 bits per heavy atom. The van der Waals surface area contributed by atoms with Crippen LogP contribution >= 0.6 is 22.9 Å². The number of methoxy groups -OCH3 is 1. The molecule has 38 heavy (non-hydrogen) atoms. The molecule has 0 aliphatic carbocycles. The lowest BCUT2D eigenvalue weighted by Crippen LogP contribution is -2.42. The van der Waals surface area contributed by atoms with Crippen LogP contribution in [0.4, 0.5) is 5.13 Å². The van der Waals surface area contributed by atoms with Crippen molar-refractivity contribution in [2.75, 3.05) is 38.3 Å². The molecule has 8 nitrogen and oxygen atoms in total. The Hall–Kier alpha value is -2.24. The van der Waals surface area contributed by atoms with E-state index in [1.165, 1.54) is 23.5 Å². The number of hydrogen-bond donors (Lipinski definition) is 0. The molecule has 3 aromatic rings. The summed E-state index contributed by atoms with van der Waals surface area (Å²) >= 11 is 7.76. The third-order valence-electron chi connectivity index (χ3n) is 7.13. The molecule has 5 rings (SSSR count). The summed E-state index contributed by atoms with van der Waals surface area (Å²) in [6, 6.07) is 9.71. The quantitative estimate of drug-likeness (QED) is 0.371. The molecule has 3 atom stereocenters. The molecule has 2 fully saturated rings. The Balaban J connectivity index is 1.45. The van der Waals surface area contributed by atoms with Gasteiger partial charge in [0.1, 0.15) is 11.3 Å². The Labute approximate surface area is 232 Å². The van der Waals surface area contributed by atoms with E-state index in [0.29, 0.717) is 65.1 Å². The number of carbonyl (C=O) groups excluding carboxylic acids is 1. The molecule has 2 aromatic carbocycles. The van der Waals surface area contributed by atoms with Crippen LogP contribution in [0.1, 0.15) is 43.5 Å². The summed E-state index contributed by atoms with van der Waals surface area (Å²) in [4.78, 5) is 20.3. The maximum Gasteiger partial charge on any atom is 0.260 e. The van der Waals surface area contributed by atoms with E-state index >= 15 is 0 Å². The van der Waals surface area contributed by atoms with E-state index in [4.69, 9.17) is 26.1 Å². The normalized spacial score (nSPS) is 22.6. The second-order valence-electron chi connectivity index (χ2n) is 10.3. The van der Waals surface area contributed by atoms with Gasteiger partial charge in [0.15, 0.2) is 5.13 Å². The molecule has 1 amide bonds. The van der Waals surface area contributed by atoms with E-state index in [2.05, 4.69) is 13.8 Å². The lowest BCUT2D eigenvalue weighted by Gasteiger charge is -2.34. The van der Waals surface area contributed by atoms with Gasteiger partial charge < -0.3 is 9.47 Å². The average molecular weight is 578 g/mol. The standard InChI is InChI=1S/C27H32ClN3O5S2/c1-17-13-18(2)15-30(14-17)38(33,34)21-8-6-19(7-9-21)26(32)31(16-20-5-4-12-36-20)27-29-24-23(35-3)11-10-22(28)25(24)37-27/h6-11,17-18,20H,4-5,12-16H2,1-3H3. The maximum atomic E-state index is 13.8. The first-order valence-electron chi connectivity index (χ1n) is 12.8. The summed E-state index contributed by atoms with van der Waals surface area (Å²) in [5.41, 5.74) is 0.969. The molecule has 0 bridgehead atoms. The highest BCUT2D eigenvalue weighted by Crippen LogP contribution is 2.39. The monoisotopic (exact) mass is 577 g/mol. The molecule has 0 N–H and O–H groups in total. The molecule has 11 heteroatoms. The molecular formula is C27H32ClN3O5S2. The number of thiazole rings is 1. The molecule has 2 saturated heterocycles. The Morgan fingerprint density at radius 3 is 2.53 bits per heavy atom. The van der Waals surface area contributed by atoms with Gasteiger partial charge in [-0.3, -0.25) is 9.69 Å². The maximum absolute atomic E-state index is 13.8. The number of nitrogens with zero attached hydrogens (tertiary/aromatic N) is 3. The van der Waals surface area contributed by atoms with Crippen LogP contribution in [0.25, 0.3) is 10.2 Å². The minimum atomic E-state index is -3.64. The fourth-order valence-electron chi connectivity index (χ4n) is 5.34. The zero-order valence-corrected chi connectivity index (χ0v) is 24.1. The number of anilines is 1. The number of amides is 1. The smallest absolute Gasteiger partial charge is 0.260 e. The summed E-state index contributed by atoms with van der Waals surface area (Å²) in [5.74, 6) is 0.912. The number of piperidine rings is 1. The van der Waals surface area contributed by atoms with Crippen LogP contribution in [0.5, 0.6) is 5.75 Å². The molecule has 0 saturated carbocycles. The third kappa shape index (κ3) is 5.42. The van der Waals surface area contributed by atoms with E-state index in [0.717, 1.165) is 24.0 Å². The number of carbonyl (C=O) groups is 1. The van der Waals surface area contributed by atoms with Gasteiger partial charge in [0.25, 0.3) is 5.91 Å². The lowest BCUT2D eigenvalue weighted by molar-refractivity contribution is 0.0917. The summed E-state index contributed by atoms with van der Waals surface area (Å²) in [6.45, 7) is 6.16. The van der Waals surface area contributed by atoms with Crippen molar-refractivity contribution in [2.24, 2.45) is 11.8 Å². The first kappa shape index (κ1) is 27.3. The molecule has 1 aromatic heterocycles. The number of sulfonamides is 1. The largest absolute Gasteiger partial charge is 0.494 e. The highest BCUT2D eigenvalue weighted by Gasteiger charge is 2.32. The number of rotatable bonds is 7. The number of hydrogen-bond acceptors (Lipinski definition) is 7. The van der Waals surface area contributed by atoms with Crippen LogP contribution in [-0.2, 0) is 14.8 Å². The van der Waals surface area contributed by atoms with Crippen molar-refractivity contribution in [1.82, 2.24) is 9.29 Å². The van der Waals surface area contributed by atoms with Gasteiger partial charge in [-0.2, -0.15) is 4.31 Å². The molecule has 3 unspecified atom stereocenters. The van der Waals surface area contributed by atoms with Crippen LogP contribution in [0.3, 0.4) is 0 Å². The first-order chi connectivity index (χ1) is 18.2. The van der Waals surface area contributed by atoms with Gasteiger partial charge in [0.2, 0.25) is 10.0 Å². The van der Waals surface area contributed by atoms with Gasteiger partial charge in [-0.15, -0.1) is 0 Å². The molecule has 204 valence electrons. The molecule has 2 aliphatic rings. The molecule has 0 spiro atoms. The zero-order valence-electron chi connectivity index (χ0n) is 21.7. The van der Waals surface area contributed by atoms with Crippen molar-refractivity contribution in [3.63, 3.8) is 0 Å². The summed E-state index contributed by atoms with van der Waals surface area (Å²) < 4.78 is 40.2. The second-order valence-corrected chi connectivity index (χ2v) is 13.6. The van der Waals surface area contributed by atoms with E-state index in [1.54, 1.807) is 40.6 Å². The minimum absolute atomic E-state index is 0.105. The van der Waals surface area contributed by atoms with Gasteiger partial charge in [-0.1, -0.05) is 36.8 Å². The number of aromatic nitrogens is 1. The van der Waals surface area contributed by atoms with Crippen molar-refractivity contribution < 1.29 is 22.7 Å². The molecular weight excluding hydrogens is 546 g/mol. The number of fused-ring (bicyclic) bond motifs is 1. The Morgan fingerprint density at radius 1 is 1.18 bits per heavy atom. The van der Waals surface area contributed by atoms with Crippen LogP contribution in [0, 0.1) is 11.8 Å². The molecule has 2 aliphatic heterocycles. The van der Waals surface area contributed by atoms with Crippen LogP contribution in [-0.4, -0.2) is 63.1 Å². The fourth-order valence-corrected chi connectivity index (χ4v) is 8.28. The average Bonchev–Trinajstić information content (AvgIpc) is 3.57. The summed E-state index contributed by atoms with van der Waals surface area (Å²) in [6.07, 6.45) is 2.70. The number of halogens is 1. The first-order valence-corrected chi connectivity index (χ1v) is 15.5. The van der Waals surface area contributed by atoms with Crippen LogP contribution in [0.15, 0.2) is 41.3 Å². The predicted octanol–water partition coefficient (Wildman–Crippen LogP) is 5.45. The van der Waals surface area contributed by atoms with E-state index in [-0.39, 0.29) is 16.9 Å². The fraction of sp³-hybridized carbons (Fsp3) is 0.481. The minimum Gasteiger partial charge on any atom is -0.494 e. The molecule has 3 heterocycles. The van der Waals surface area contributed by atoms with Gasteiger partial charge in [-0.25, -0.2) is 13.4 Å². The Kier molecular flexibility index (Phi) is 7.98. The van der Waals surface area contributed by atoms with Crippen molar-refractivity contribution in [3.05, 3.63) is 47.0 Å². The molecule has 0 radical (unpaired) electrons.